The summed E-state index contributed by atoms with van der Waals surface area (Å²) in [7, 11) is 3.41. The monoisotopic (exact) mass is 283 g/mol. The summed E-state index contributed by atoms with van der Waals surface area (Å²) in [5.41, 5.74) is 10.3. The van der Waals surface area contributed by atoms with Crippen LogP contribution in [0.1, 0.15) is 0 Å². The van der Waals surface area contributed by atoms with Crippen molar-refractivity contribution in [2.45, 2.75) is 12.2 Å². The van der Waals surface area contributed by atoms with Gasteiger partial charge >= 0.3 is 6.18 Å². The highest BCUT2D eigenvalue weighted by atomic mass is 35.5. The second-order valence-corrected chi connectivity index (χ2v) is 4.23. The van der Waals surface area contributed by atoms with Gasteiger partial charge in [-0.1, -0.05) is 24.3 Å². The lowest BCUT2D eigenvalue weighted by Gasteiger charge is -2.23. The van der Waals surface area contributed by atoms with Crippen LogP contribution in [0.4, 0.5) is 13.2 Å². The molecule has 0 aromatic heterocycles. The van der Waals surface area contributed by atoms with Crippen molar-refractivity contribution >= 4 is 11.6 Å². The lowest BCUT2D eigenvalue weighted by Crippen LogP contribution is -2.39. The average Bonchev–Trinajstić information content (AvgIpc) is 2.23. The van der Waals surface area contributed by atoms with Gasteiger partial charge in [0.1, 0.15) is 0 Å². The number of nitrogens with two attached hydrogens (primary N) is 2. The first-order valence-corrected chi connectivity index (χ1v) is 5.45. The molecule has 0 aliphatic heterocycles. The molecule has 7 heteroatoms. The molecule has 1 unspecified atom stereocenters. The van der Waals surface area contributed by atoms with E-state index in [9.17, 15) is 13.2 Å². The molecule has 0 spiro atoms. The Morgan fingerprint density at radius 1 is 1.44 bits per heavy atom. The molecule has 3 nitrogen and oxygen atoms in total. The molecular formula is C11H17ClF3N3. The second kappa shape index (κ2) is 6.82. The summed E-state index contributed by atoms with van der Waals surface area (Å²) in [6, 6.07) is -0.423. The first-order valence-electron chi connectivity index (χ1n) is 5.08. The number of hydrogen-bond acceptors (Lipinski definition) is 3. The minimum atomic E-state index is -4.52. The molecule has 0 aromatic carbocycles. The van der Waals surface area contributed by atoms with Crippen molar-refractivity contribution in [2.75, 3.05) is 20.6 Å². The molecule has 104 valence electrons. The normalized spacial score (nSPS) is 16.6. The van der Waals surface area contributed by atoms with E-state index in [-0.39, 0.29) is 17.3 Å². The summed E-state index contributed by atoms with van der Waals surface area (Å²) in [5, 5.41) is -0.189. The van der Waals surface area contributed by atoms with Gasteiger partial charge in [0.25, 0.3) is 0 Å². The molecule has 0 saturated heterocycles. The van der Waals surface area contributed by atoms with Crippen molar-refractivity contribution < 1.29 is 13.2 Å². The molecule has 0 radical (unpaired) electrons. The molecule has 1 atom stereocenters. The van der Waals surface area contributed by atoms with E-state index in [4.69, 9.17) is 23.1 Å². The van der Waals surface area contributed by atoms with E-state index in [1.165, 1.54) is 0 Å². The first-order chi connectivity index (χ1) is 8.15. The molecule has 0 aliphatic carbocycles. The Labute approximate surface area is 110 Å². The van der Waals surface area contributed by atoms with Gasteiger partial charge in [-0.15, -0.1) is 0 Å². The Bertz CT molecular complexity index is 359. The average molecular weight is 284 g/mol. The Kier molecular flexibility index (Phi) is 6.45. The number of likely N-dealkylation sites (N-methyl/N-ethyl adjacent to an activating group) is 1. The fraction of sp³-hybridized carbons (Fsp3) is 0.455. The van der Waals surface area contributed by atoms with E-state index in [1.807, 2.05) is 0 Å². The van der Waals surface area contributed by atoms with Crippen LogP contribution in [0.2, 0.25) is 0 Å². The van der Waals surface area contributed by atoms with E-state index in [0.29, 0.717) is 6.08 Å². The first kappa shape index (κ1) is 17.0. The van der Waals surface area contributed by atoms with Crippen LogP contribution >= 0.6 is 11.6 Å². The van der Waals surface area contributed by atoms with Crippen molar-refractivity contribution in [3.05, 3.63) is 35.0 Å². The molecule has 18 heavy (non-hydrogen) atoms. The van der Waals surface area contributed by atoms with Crippen molar-refractivity contribution in [2.24, 2.45) is 11.5 Å². The topological polar surface area (TPSA) is 55.3 Å². The molecular weight excluding hydrogens is 267 g/mol. The van der Waals surface area contributed by atoms with E-state index < -0.39 is 17.8 Å². The quantitative estimate of drug-likeness (QED) is 0.759. The lowest BCUT2D eigenvalue weighted by atomic mass is 10.1. The van der Waals surface area contributed by atoms with Crippen molar-refractivity contribution in [3.63, 3.8) is 0 Å². The van der Waals surface area contributed by atoms with E-state index in [0.717, 1.165) is 6.08 Å². The lowest BCUT2D eigenvalue weighted by molar-refractivity contribution is -0.0881. The second-order valence-electron chi connectivity index (χ2n) is 3.82. The summed E-state index contributed by atoms with van der Waals surface area (Å²) in [5.74, 6) is 0. The van der Waals surface area contributed by atoms with Gasteiger partial charge < -0.3 is 11.5 Å². The minimum absolute atomic E-state index is 0.0905. The summed E-state index contributed by atoms with van der Waals surface area (Å²) in [6.45, 7) is 3.25. The number of nitrogens with zero attached hydrogens (tertiary/aromatic N) is 1. The van der Waals surface area contributed by atoms with Crippen molar-refractivity contribution in [1.29, 1.82) is 0 Å². The Morgan fingerprint density at radius 3 is 2.22 bits per heavy atom. The zero-order valence-electron chi connectivity index (χ0n) is 10.3. The molecule has 0 fully saturated rings. The molecule has 0 amide bonds. The van der Waals surface area contributed by atoms with Crippen molar-refractivity contribution in [3.8, 4) is 0 Å². The SMILES string of the molecule is C=C/C(=C\C(Cl)=C(/N)C(CN)N(C)C)C(F)(F)F. The largest absolute Gasteiger partial charge is 0.416 e. The van der Waals surface area contributed by atoms with Gasteiger partial charge in [-0.05, 0) is 20.2 Å². The Hall–Kier alpha value is -0.980. The maximum atomic E-state index is 12.5. The van der Waals surface area contributed by atoms with Crippen LogP contribution in [0.5, 0.6) is 0 Å². The van der Waals surface area contributed by atoms with Gasteiger partial charge in [0, 0.05) is 12.2 Å². The molecule has 4 N–H and O–H groups in total. The third kappa shape index (κ3) is 4.72. The smallest absolute Gasteiger partial charge is 0.400 e. The van der Waals surface area contributed by atoms with Crippen LogP contribution < -0.4 is 11.5 Å². The highest BCUT2D eigenvalue weighted by molar-refractivity contribution is 6.31. The number of rotatable bonds is 5. The standard InChI is InChI=1S/C11H17ClF3N3/c1-4-7(11(13,14)15)5-8(12)10(17)9(6-16)18(2)3/h4-5,9H,1,6,16-17H2,2-3H3/b7-5+,10-8+. The molecule has 0 aliphatic rings. The third-order valence-corrected chi connectivity index (χ3v) is 2.64. The van der Waals surface area contributed by atoms with E-state index in [1.54, 1.807) is 19.0 Å². The summed E-state index contributed by atoms with van der Waals surface area (Å²) < 4.78 is 37.5. The number of allylic oxidation sites excluding steroid dienone is 4. The zero-order valence-corrected chi connectivity index (χ0v) is 11.0. The predicted molar refractivity (Wildman–Crippen MR) is 67.9 cm³/mol. The Morgan fingerprint density at radius 2 is 1.94 bits per heavy atom. The predicted octanol–water partition coefficient (Wildman–Crippen LogP) is 1.96. The van der Waals surface area contributed by atoms with Crippen molar-refractivity contribution in [1.82, 2.24) is 4.90 Å². The number of alkyl halides is 3. The van der Waals surface area contributed by atoms with Gasteiger partial charge in [-0.3, -0.25) is 4.90 Å². The van der Waals surface area contributed by atoms with Crippen LogP contribution in [-0.4, -0.2) is 37.8 Å². The maximum Gasteiger partial charge on any atom is 0.416 e. The van der Waals surface area contributed by atoms with Crippen LogP contribution in [0, 0.1) is 0 Å². The van der Waals surface area contributed by atoms with Crippen LogP contribution in [0.3, 0.4) is 0 Å². The summed E-state index contributed by atoms with van der Waals surface area (Å²) in [4.78, 5) is 1.67. The summed E-state index contributed by atoms with van der Waals surface area (Å²) in [6.07, 6.45) is -3.09. The van der Waals surface area contributed by atoms with Gasteiger partial charge in [-0.2, -0.15) is 13.2 Å². The van der Waals surface area contributed by atoms with E-state index in [2.05, 4.69) is 6.58 Å². The summed E-state index contributed by atoms with van der Waals surface area (Å²) >= 11 is 5.78. The zero-order chi connectivity index (χ0) is 14.5. The van der Waals surface area contributed by atoms with Crippen LogP contribution in [0.25, 0.3) is 0 Å². The molecule has 0 saturated carbocycles. The van der Waals surface area contributed by atoms with Crippen LogP contribution in [-0.2, 0) is 0 Å². The minimum Gasteiger partial charge on any atom is -0.400 e. The molecule has 0 bridgehead atoms. The molecule has 0 rings (SSSR count). The number of hydrogen-bond donors (Lipinski definition) is 2. The third-order valence-electron chi connectivity index (χ3n) is 2.31. The van der Waals surface area contributed by atoms with Gasteiger partial charge in [0.15, 0.2) is 0 Å². The van der Waals surface area contributed by atoms with Crippen LogP contribution in [0.15, 0.2) is 35.0 Å². The molecule has 0 aromatic rings. The van der Waals surface area contributed by atoms with Gasteiger partial charge in [-0.25, -0.2) is 0 Å². The fourth-order valence-electron chi connectivity index (χ4n) is 1.25. The van der Waals surface area contributed by atoms with Gasteiger partial charge in [0.2, 0.25) is 0 Å². The maximum absolute atomic E-state index is 12.5. The van der Waals surface area contributed by atoms with E-state index >= 15 is 0 Å². The molecule has 0 heterocycles. The highest BCUT2D eigenvalue weighted by Crippen LogP contribution is 2.28. The highest BCUT2D eigenvalue weighted by Gasteiger charge is 2.31. The number of halogens is 4. The fourth-order valence-corrected chi connectivity index (χ4v) is 1.49. The van der Waals surface area contributed by atoms with Gasteiger partial charge in [0.05, 0.1) is 16.6 Å². The Balaban J connectivity index is 5.41.